The Labute approximate surface area is 298 Å². The quantitative estimate of drug-likeness (QED) is 0.0680. The SMILES string of the molecule is CC(C)CC(=O)N[C@H](C(=O)N[C@H](C(=O)N[C@@H](CC(C)C)[C@@H](O)CC(=O)N[C@@H](CCN)C(=O)N[C@@H](CC(C)C)[C@@H](O)CC(=O)O)C(C)C)C(C)C. The highest BCUT2D eigenvalue weighted by Crippen LogP contribution is 2.15. The predicted molar refractivity (Wildman–Crippen MR) is 190 cm³/mol. The van der Waals surface area contributed by atoms with Gasteiger partial charge >= 0.3 is 5.97 Å². The van der Waals surface area contributed by atoms with E-state index in [1.165, 1.54) is 0 Å². The molecule has 0 aromatic carbocycles. The number of hydrogen-bond acceptors (Lipinski definition) is 9. The zero-order valence-electron chi connectivity index (χ0n) is 31.7. The molecule has 0 saturated carbocycles. The smallest absolute Gasteiger partial charge is 0.306 e. The molecule has 0 aliphatic carbocycles. The second-order valence-corrected chi connectivity index (χ2v) is 15.2. The molecule has 290 valence electrons. The molecule has 0 heterocycles. The number of hydrogen-bond donors (Lipinski definition) is 9. The normalized spacial score (nSPS) is 16.0. The molecule has 0 aliphatic rings. The summed E-state index contributed by atoms with van der Waals surface area (Å²) < 4.78 is 0. The number of aliphatic hydroxyl groups excluding tert-OH is 2. The molecule has 50 heavy (non-hydrogen) atoms. The third kappa shape index (κ3) is 18.6. The van der Waals surface area contributed by atoms with Gasteiger partial charge in [-0.05, 0) is 55.4 Å². The Morgan fingerprint density at radius 1 is 0.540 bits per heavy atom. The van der Waals surface area contributed by atoms with Crippen molar-refractivity contribution in [2.45, 2.75) is 150 Å². The van der Waals surface area contributed by atoms with Gasteiger partial charge in [-0.2, -0.15) is 0 Å². The van der Waals surface area contributed by atoms with Crippen LogP contribution in [0.4, 0.5) is 0 Å². The molecular weight excluding hydrogens is 648 g/mol. The van der Waals surface area contributed by atoms with E-state index in [1.54, 1.807) is 27.7 Å². The lowest BCUT2D eigenvalue weighted by Gasteiger charge is -2.31. The molecule has 0 radical (unpaired) electrons. The number of amides is 5. The first-order chi connectivity index (χ1) is 23.1. The summed E-state index contributed by atoms with van der Waals surface area (Å²) in [6, 6.07) is -4.76. The molecule has 0 unspecified atom stereocenters. The fraction of sp³-hybridized carbons (Fsp3) is 0.829. The number of carboxylic acids is 1. The summed E-state index contributed by atoms with van der Waals surface area (Å²) in [6.45, 7) is 18.4. The van der Waals surface area contributed by atoms with Crippen molar-refractivity contribution in [3.8, 4) is 0 Å². The van der Waals surface area contributed by atoms with Crippen molar-refractivity contribution in [3.63, 3.8) is 0 Å². The van der Waals surface area contributed by atoms with E-state index in [2.05, 4.69) is 26.6 Å². The van der Waals surface area contributed by atoms with Crippen LogP contribution in [0.2, 0.25) is 0 Å². The van der Waals surface area contributed by atoms with Gasteiger partial charge in [0.05, 0.1) is 37.1 Å². The van der Waals surface area contributed by atoms with Gasteiger partial charge in [0.1, 0.15) is 18.1 Å². The van der Waals surface area contributed by atoms with Crippen LogP contribution in [0.5, 0.6) is 0 Å². The van der Waals surface area contributed by atoms with Gasteiger partial charge in [-0.15, -0.1) is 0 Å². The van der Waals surface area contributed by atoms with E-state index in [0.717, 1.165) is 0 Å². The third-order valence-electron chi connectivity index (χ3n) is 8.03. The van der Waals surface area contributed by atoms with Crippen molar-refractivity contribution >= 4 is 35.5 Å². The summed E-state index contributed by atoms with van der Waals surface area (Å²) in [5.41, 5.74) is 5.70. The van der Waals surface area contributed by atoms with E-state index in [0.29, 0.717) is 12.8 Å². The van der Waals surface area contributed by atoms with Crippen LogP contribution in [-0.2, 0) is 28.8 Å². The Balaban J connectivity index is 5.81. The van der Waals surface area contributed by atoms with Crippen molar-refractivity contribution in [1.29, 1.82) is 0 Å². The van der Waals surface area contributed by atoms with Crippen LogP contribution in [-0.4, -0.2) is 99.8 Å². The first-order valence-electron chi connectivity index (χ1n) is 17.9. The van der Waals surface area contributed by atoms with Gasteiger partial charge in [0, 0.05) is 6.42 Å². The maximum absolute atomic E-state index is 13.6. The minimum atomic E-state index is -1.36. The van der Waals surface area contributed by atoms with E-state index >= 15 is 0 Å². The minimum absolute atomic E-state index is 0.00233. The van der Waals surface area contributed by atoms with Gasteiger partial charge in [0.2, 0.25) is 29.5 Å². The number of aliphatic hydroxyl groups is 2. The van der Waals surface area contributed by atoms with Crippen molar-refractivity contribution in [3.05, 3.63) is 0 Å². The molecule has 15 heteroatoms. The fourth-order valence-electron chi connectivity index (χ4n) is 5.45. The van der Waals surface area contributed by atoms with E-state index in [4.69, 9.17) is 10.8 Å². The number of nitrogens with one attached hydrogen (secondary N) is 5. The number of rotatable bonds is 24. The highest BCUT2D eigenvalue weighted by molar-refractivity contribution is 5.92. The number of carbonyl (C=O) groups excluding carboxylic acids is 5. The Bertz CT molecular complexity index is 1100. The van der Waals surface area contributed by atoms with E-state index in [1.807, 2.05) is 41.5 Å². The molecule has 0 bridgehead atoms. The van der Waals surface area contributed by atoms with Crippen LogP contribution in [0.1, 0.15) is 108 Å². The molecule has 0 saturated heterocycles. The summed E-state index contributed by atoms with van der Waals surface area (Å²) >= 11 is 0. The Kier molecular flexibility index (Phi) is 21.7. The van der Waals surface area contributed by atoms with Crippen LogP contribution in [0, 0.1) is 29.6 Å². The van der Waals surface area contributed by atoms with E-state index in [-0.39, 0.29) is 54.9 Å². The first-order valence-corrected chi connectivity index (χ1v) is 17.9. The second-order valence-electron chi connectivity index (χ2n) is 15.2. The fourth-order valence-corrected chi connectivity index (χ4v) is 5.45. The second kappa shape index (κ2) is 23.2. The van der Waals surface area contributed by atoms with Crippen molar-refractivity contribution in [2.24, 2.45) is 35.3 Å². The van der Waals surface area contributed by atoms with Crippen molar-refractivity contribution < 1.29 is 44.1 Å². The number of nitrogens with two attached hydrogens (primary N) is 1. The van der Waals surface area contributed by atoms with Crippen LogP contribution in [0.25, 0.3) is 0 Å². The molecule has 5 amide bonds. The zero-order chi connectivity index (χ0) is 38.9. The lowest BCUT2D eigenvalue weighted by atomic mass is 9.95. The maximum atomic E-state index is 13.6. The predicted octanol–water partition coefficient (Wildman–Crippen LogP) is 0.796. The molecule has 7 atom stereocenters. The zero-order valence-corrected chi connectivity index (χ0v) is 31.7. The van der Waals surface area contributed by atoms with Crippen LogP contribution >= 0.6 is 0 Å². The topological polar surface area (TPSA) is 249 Å². The van der Waals surface area contributed by atoms with Gasteiger partial charge in [0.25, 0.3) is 0 Å². The average Bonchev–Trinajstić information content (AvgIpc) is 2.95. The maximum Gasteiger partial charge on any atom is 0.306 e. The van der Waals surface area contributed by atoms with E-state index in [9.17, 15) is 39.0 Å². The highest BCUT2D eigenvalue weighted by atomic mass is 16.4. The van der Waals surface area contributed by atoms with Crippen molar-refractivity contribution in [2.75, 3.05) is 6.54 Å². The first kappa shape index (κ1) is 46.7. The summed E-state index contributed by atoms with van der Waals surface area (Å²) in [5.74, 6) is -4.41. The molecule has 0 rings (SSSR count). The van der Waals surface area contributed by atoms with Gasteiger partial charge < -0.3 is 47.6 Å². The van der Waals surface area contributed by atoms with Gasteiger partial charge in [-0.25, -0.2) is 0 Å². The molecule has 10 N–H and O–H groups in total. The number of aliphatic carboxylic acids is 1. The van der Waals surface area contributed by atoms with Gasteiger partial charge in [0.15, 0.2) is 0 Å². The van der Waals surface area contributed by atoms with Crippen LogP contribution in [0.15, 0.2) is 0 Å². The summed E-state index contributed by atoms with van der Waals surface area (Å²) in [5, 5.41) is 44.2. The minimum Gasteiger partial charge on any atom is -0.481 e. The standard InChI is InChI=1S/C35H66N6O9/c1-18(2)13-24(39-34(49)32(22(9)10)41-35(50)31(21(7)8)40-28(44)15-20(5)6)26(42)16-29(45)37-23(11-12-36)33(48)38-25(14-19(3)4)27(43)17-30(46)47/h18-27,31-32,42-43H,11-17,36H2,1-10H3,(H,37,45)(H,38,48)(H,39,49)(H,40,44)(H,41,50)(H,46,47)/t23-,24-,25-,26-,27-,31-,32-/m0/s1. The summed E-state index contributed by atoms with van der Waals surface area (Å²) in [4.78, 5) is 76.7. The third-order valence-corrected chi connectivity index (χ3v) is 8.03. The Morgan fingerprint density at radius 3 is 1.38 bits per heavy atom. The monoisotopic (exact) mass is 714 g/mol. The Hall–Kier alpha value is -3.30. The largest absolute Gasteiger partial charge is 0.481 e. The molecular formula is C35H66N6O9. The van der Waals surface area contributed by atoms with E-state index < -0.39 is 84.9 Å². The lowest BCUT2D eigenvalue weighted by molar-refractivity contribution is -0.140. The molecule has 0 fully saturated rings. The average molecular weight is 715 g/mol. The summed E-state index contributed by atoms with van der Waals surface area (Å²) in [6.07, 6.45) is -2.89. The van der Waals surface area contributed by atoms with Gasteiger partial charge in [-0.1, -0.05) is 69.2 Å². The molecule has 0 aliphatic heterocycles. The Morgan fingerprint density at radius 2 is 0.960 bits per heavy atom. The number of carbonyl (C=O) groups is 6. The molecule has 0 spiro atoms. The highest BCUT2D eigenvalue weighted by Gasteiger charge is 2.34. The van der Waals surface area contributed by atoms with Gasteiger partial charge in [-0.3, -0.25) is 28.8 Å². The van der Waals surface area contributed by atoms with Crippen LogP contribution in [0.3, 0.4) is 0 Å². The lowest BCUT2D eigenvalue weighted by Crippen LogP contribution is -2.59. The van der Waals surface area contributed by atoms with Crippen molar-refractivity contribution in [1.82, 2.24) is 26.6 Å². The molecule has 0 aromatic heterocycles. The van der Waals surface area contributed by atoms with Crippen LogP contribution < -0.4 is 32.3 Å². The molecule has 0 aromatic rings. The summed E-state index contributed by atoms with van der Waals surface area (Å²) in [7, 11) is 0. The molecule has 15 nitrogen and oxygen atoms in total. The number of carboxylic acid groups (broad SMARTS) is 1.